The lowest BCUT2D eigenvalue weighted by atomic mass is 9.91. The number of ether oxygens (including phenoxy) is 2. The molecule has 0 aromatic heterocycles. The van der Waals surface area contributed by atoms with Crippen molar-refractivity contribution in [2.75, 3.05) is 27.3 Å². The Balaban J connectivity index is 1.92. The van der Waals surface area contributed by atoms with Crippen LogP contribution < -0.4 is 14.8 Å². The standard InChI is InChI=1S/C19H30N2O3/c1-13-8-14(2)12-21(11-13)15(3)19(22)20-10-16-6-7-17(23-4)18(9-16)24-5/h6-7,9,13-15H,8,10-12H2,1-5H3,(H,20,22)/t13-,14+,15-/m0/s1. The summed E-state index contributed by atoms with van der Waals surface area (Å²) in [6.45, 7) is 9.00. The molecule has 1 heterocycles. The molecule has 1 aliphatic heterocycles. The number of piperidine rings is 1. The zero-order valence-corrected chi connectivity index (χ0v) is 15.5. The van der Waals surface area contributed by atoms with Crippen LogP contribution >= 0.6 is 0 Å². The molecule has 1 aliphatic rings. The molecule has 0 unspecified atom stereocenters. The third-order valence-corrected chi connectivity index (χ3v) is 4.74. The van der Waals surface area contributed by atoms with Gasteiger partial charge >= 0.3 is 0 Å². The maximum absolute atomic E-state index is 12.5. The Morgan fingerprint density at radius 3 is 2.42 bits per heavy atom. The molecule has 0 spiro atoms. The Hall–Kier alpha value is -1.75. The number of carbonyl (C=O) groups excluding carboxylic acids is 1. The summed E-state index contributed by atoms with van der Waals surface area (Å²) in [5.74, 6) is 2.74. The van der Waals surface area contributed by atoms with Crippen LogP contribution in [0.1, 0.15) is 32.8 Å². The third-order valence-electron chi connectivity index (χ3n) is 4.74. The quantitative estimate of drug-likeness (QED) is 0.869. The number of methoxy groups -OCH3 is 2. The van der Waals surface area contributed by atoms with E-state index in [1.807, 2.05) is 25.1 Å². The van der Waals surface area contributed by atoms with Crippen LogP contribution in [0.2, 0.25) is 0 Å². The molecule has 1 amide bonds. The second-order valence-electron chi connectivity index (χ2n) is 6.98. The minimum Gasteiger partial charge on any atom is -0.493 e. The highest BCUT2D eigenvalue weighted by Gasteiger charge is 2.28. The lowest BCUT2D eigenvalue weighted by Gasteiger charge is -2.38. The van der Waals surface area contributed by atoms with Gasteiger partial charge in [-0.25, -0.2) is 0 Å². The van der Waals surface area contributed by atoms with Gasteiger partial charge in [0.25, 0.3) is 0 Å². The van der Waals surface area contributed by atoms with Crippen LogP contribution in [0.5, 0.6) is 11.5 Å². The molecule has 3 atom stereocenters. The summed E-state index contributed by atoms with van der Waals surface area (Å²) in [7, 11) is 3.22. The van der Waals surface area contributed by atoms with Crippen molar-refractivity contribution in [2.45, 2.75) is 39.8 Å². The number of hydrogen-bond acceptors (Lipinski definition) is 4. The molecule has 1 aromatic carbocycles. The second-order valence-corrected chi connectivity index (χ2v) is 6.98. The van der Waals surface area contributed by atoms with Gasteiger partial charge in [0.15, 0.2) is 11.5 Å². The van der Waals surface area contributed by atoms with Crippen molar-refractivity contribution in [3.8, 4) is 11.5 Å². The molecular weight excluding hydrogens is 304 g/mol. The third kappa shape index (κ3) is 4.63. The van der Waals surface area contributed by atoms with Gasteiger partial charge in [-0.2, -0.15) is 0 Å². The normalized spacial score (nSPS) is 22.7. The fourth-order valence-corrected chi connectivity index (χ4v) is 3.52. The van der Waals surface area contributed by atoms with Gasteiger partial charge in [0.05, 0.1) is 20.3 Å². The molecule has 5 nitrogen and oxygen atoms in total. The van der Waals surface area contributed by atoms with E-state index in [2.05, 4.69) is 24.1 Å². The van der Waals surface area contributed by atoms with Gasteiger partial charge in [-0.05, 0) is 42.9 Å². The van der Waals surface area contributed by atoms with Crippen LogP contribution in [0.3, 0.4) is 0 Å². The summed E-state index contributed by atoms with van der Waals surface area (Å²) < 4.78 is 10.5. The summed E-state index contributed by atoms with van der Waals surface area (Å²) >= 11 is 0. The topological polar surface area (TPSA) is 50.8 Å². The largest absolute Gasteiger partial charge is 0.493 e. The van der Waals surface area contributed by atoms with Gasteiger partial charge in [0.2, 0.25) is 5.91 Å². The number of hydrogen-bond donors (Lipinski definition) is 1. The number of carbonyl (C=O) groups is 1. The molecule has 0 bridgehead atoms. The van der Waals surface area contributed by atoms with E-state index in [-0.39, 0.29) is 11.9 Å². The first-order valence-electron chi connectivity index (χ1n) is 8.67. The number of nitrogens with zero attached hydrogens (tertiary/aromatic N) is 1. The maximum Gasteiger partial charge on any atom is 0.237 e. The molecule has 1 saturated heterocycles. The summed E-state index contributed by atoms with van der Waals surface area (Å²) in [6, 6.07) is 5.60. The summed E-state index contributed by atoms with van der Waals surface area (Å²) in [5, 5.41) is 3.04. The van der Waals surface area contributed by atoms with Gasteiger partial charge in [-0.3, -0.25) is 9.69 Å². The van der Waals surface area contributed by atoms with E-state index in [1.165, 1.54) is 6.42 Å². The number of amides is 1. The molecule has 1 N–H and O–H groups in total. The van der Waals surface area contributed by atoms with E-state index in [1.54, 1.807) is 14.2 Å². The predicted molar refractivity (Wildman–Crippen MR) is 95.4 cm³/mol. The molecule has 0 saturated carbocycles. The molecule has 0 aliphatic carbocycles. The van der Waals surface area contributed by atoms with Crippen LogP contribution in [0.25, 0.3) is 0 Å². The van der Waals surface area contributed by atoms with Gasteiger partial charge < -0.3 is 14.8 Å². The van der Waals surface area contributed by atoms with Crippen LogP contribution in [0.4, 0.5) is 0 Å². The summed E-state index contributed by atoms with van der Waals surface area (Å²) in [6.07, 6.45) is 1.25. The van der Waals surface area contributed by atoms with Crippen molar-refractivity contribution < 1.29 is 14.3 Å². The molecule has 0 radical (unpaired) electrons. The number of nitrogens with one attached hydrogen (secondary N) is 1. The first-order chi connectivity index (χ1) is 11.4. The number of benzene rings is 1. The molecular formula is C19H30N2O3. The van der Waals surface area contributed by atoms with Gasteiger partial charge in [0, 0.05) is 19.6 Å². The zero-order chi connectivity index (χ0) is 17.7. The van der Waals surface area contributed by atoms with E-state index < -0.39 is 0 Å². The van der Waals surface area contributed by atoms with Gasteiger partial charge in [-0.15, -0.1) is 0 Å². The fraction of sp³-hybridized carbons (Fsp3) is 0.632. The van der Waals surface area contributed by atoms with Crippen LogP contribution in [0, 0.1) is 11.8 Å². The van der Waals surface area contributed by atoms with Crippen molar-refractivity contribution in [1.29, 1.82) is 0 Å². The van der Waals surface area contributed by atoms with Crippen molar-refractivity contribution >= 4 is 5.91 Å². The number of likely N-dealkylation sites (tertiary alicyclic amines) is 1. The predicted octanol–water partition coefficient (Wildman–Crippen LogP) is 2.69. The Bertz CT molecular complexity index is 552. The molecule has 134 valence electrons. The minimum atomic E-state index is -0.102. The Kier molecular flexibility index (Phi) is 6.49. The van der Waals surface area contributed by atoms with E-state index in [0.717, 1.165) is 18.7 Å². The smallest absolute Gasteiger partial charge is 0.237 e. The highest BCUT2D eigenvalue weighted by Crippen LogP contribution is 2.27. The monoisotopic (exact) mass is 334 g/mol. The van der Waals surface area contributed by atoms with Crippen molar-refractivity contribution in [2.24, 2.45) is 11.8 Å². The highest BCUT2D eigenvalue weighted by molar-refractivity contribution is 5.81. The summed E-state index contributed by atoms with van der Waals surface area (Å²) in [4.78, 5) is 14.8. The minimum absolute atomic E-state index is 0.0751. The lowest BCUT2D eigenvalue weighted by molar-refractivity contribution is -0.127. The molecule has 1 aromatic rings. The Morgan fingerprint density at radius 2 is 1.83 bits per heavy atom. The lowest BCUT2D eigenvalue weighted by Crippen LogP contribution is -2.50. The van der Waals surface area contributed by atoms with Gasteiger partial charge in [0.1, 0.15) is 0 Å². The zero-order valence-electron chi connectivity index (χ0n) is 15.5. The first kappa shape index (κ1) is 18.6. The van der Waals surface area contributed by atoms with E-state index in [0.29, 0.717) is 29.9 Å². The molecule has 5 heteroatoms. The average Bonchev–Trinajstić information content (AvgIpc) is 2.57. The Morgan fingerprint density at radius 1 is 1.21 bits per heavy atom. The van der Waals surface area contributed by atoms with Crippen molar-refractivity contribution in [3.05, 3.63) is 23.8 Å². The van der Waals surface area contributed by atoms with Crippen LogP contribution in [-0.4, -0.2) is 44.2 Å². The van der Waals surface area contributed by atoms with Crippen molar-refractivity contribution in [3.63, 3.8) is 0 Å². The highest BCUT2D eigenvalue weighted by atomic mass is 16.5. The van der Waals surface area contributed by atoms with E-state index >= 15 is 0 Å². The SMILES string of the molecule is COc1ccc(CNC(=O)[C@H](C)N2C[C@H](C)C[C@H](C)C2)cc1OC. The molecule has 2 rings (SSSR count). The van der Waals surface area contributed by atoms with E-state index in [9.17, 15) is 4.79 Å². The fourth-order valence-electron chi connectivity index (χ4n) is 3.52. The molecule has 1 fully saturated rings. The van der Waals surface area contributed by atoms with Crippen LogP contribution in [-0.2, 0) is 11.3 Å². The summed E-state index contributed by atoms with van der Waals surface area (Å²) in [5.41, 5.74) is 0.994. The maximum atomic E-state index is 12.5. The second kappa shape index (κ2) is 8.38. The average molecular weight is 334 g/mol. The Labute approximate surface area is 145 Å². The van der Waals surface area contributed by atoms with Crippen molar-refractivity contribution in [1.82, 2.24) is 10.2 Å². The molecule has 24 heavy (non-hydrogen) atoms. The van der Waals surface area contributed by atoms with Gasteiger partial charge in [-0.1, -0.05) is 19.9 Å². The van der Waals surface area contributed by atoms with E-state index in [4.69, 9.17) is 9.47 Å². The number of rotatable bonds is 6. The first-order valence-corrected chi connectivity index (χ1v) is 8.67. The van der Waals surface area contributed by atoms with Crippen LogP contribution in [0.15, 0.2) is 18.2 Å².